The van der Waals surface area contributed by atoms with Crippen molar-refractivity contribution < 1.29 is 4.42 Å². The average Bonchev–Trinajstić information content (AvgIpc) is 3.76. The van der Waals surface area contributed by atoms with E-state index in [-0.39, 0.29) is 0 Å². The highest BCUT2D eigenvalue weighted by molar-refractivity contribution is 7.25. The predicted octanol–water partition coefficient (Wildman–Crippen LogP) is 12.4. The molecular formula is C42H25NOS. The Bertz CT molecular complexity index is 2760. The van der Waals surface area contributed by atoms with Gasteiger partial charge < -0.3 is 8.98 Å². The fraction of sp³-hybridized carbons (Fsp3) is 0. The van der Waals surface area contributed by atoms with Crippen LogP contribution in [0.3, 0.4) is 0 Å². The molecule has 0 unspecified atom stereocenters. The Morgan fingerprint density at radius 2 is 1.04 bits per heavy atom. The summed E-state index contributed by atoms with van der Waals surface area (Å²) in [4.78, 5) is 0. The van der Waals surface area contributed by atoms with E-state index in [1.54, 1.807) is 0 Å². The molecule has 0 aliphatic carbocycles. The molecule has 3 heteroatoms. The summed E-state index contributed by atoms with van der Waals surface area (Å²) in [6.07, 6.45) is 0. The first kappa shape index (κ1) is 24.8. The lowest BCUT2D eigenvalue weighted by Gasteiger charge is -2.09. The van der Waals surface area contributed by atoms with Gasteiger partial charge >= 0.3 is 0 Å². The lowest BCUT2D eigenvalue weighted by Crippen LogP contribution is -1.93. The molecule has 2 nitrogen and oxygen atoms in total. The SMILES string of the molecule is c1ccc(-c2ccc3c(c2)c2ccccc2n3-c2ccc3c(c2)sc2ccc(-c4ccc5oc6ccccc6c5c4)cc23)cc1. The van der Waals surface area contributed by atoms with Gasteiger partial charge in [0.15, 0.2) is 0 Å². The largest absolute Gasteiger partial charge is 0.456 e. The Morgan fingerprint density at radius 3 is 1.96 bits per heavy atom. The number of nitrogens with zero attached hydrogens (tertiary/aromatic N) is 1. The maximum absolute atomic E-state index is 6.08. The lowest BCUT2D eigenvalue weighted by atomic mass is 10.0. The van der Waals surface area contributed by atoms with Crippen LogP contribution in [0.1, 0.15) is 0 Å². The van der Waals surface area contributed by atoms with Gasteiger partial charge in [0.05, 0.1) is 11.0 Å². The number of fused-ring (bicyclic) bond motifs is 9. The number of hydrogen-bond acceptors (Lipinski definition) is 2. The summed E-state index contributed by atoms with van der Waals surface area (Å²) in [7, 11) is 0. The van der Waals surface area contributed by atoms with E-state index in [0.717, 1.165) is 21.9 Å². The van der Waals surface area contributed by atoms with Crippen molar-refractivity contribution in [2.75, 3.05) is 0 Å². The Labute approximate surface area is 263 Å². The van der Waals surface area contributed by atoms with Crippen LogP contribution in [0.2, 0.25) is 0 Å². The summed E-state index contributed by atoms with van der Waals surface area (Å²) in [5.41, 5.74) is 10.4. The third-order valence-corrected chi connectivity index (χ3v) is 10.3. The van der Waals surface area contributed by atoms with Crippen LogP contribution in [0, 0.1) is 0 Å². The number of thiophene rings is 1. The van der Waals surface area contributed by atoms with Gasteiger partial charge in [-0.2, -0.15) is 0 Å². The normalized spacial score (nSPS) is 12.0. The fourth-order valence-electron chi connectivity index (χ4n) is 7.05. The summed E-state index contributed by atoms with van der Waals surface area (Å²) in [6, 6.07) is 54.9. The second kappa shape index (κ2) is 9.43. The molecule has 0 saturated heterocycles. The molecule has 0 aliphatic rings. The van der Waals surface area contributed by atoms with Crippen molar-refractivity contribution in [3.63, 3.8) is 0 Å². The molecule has 210 valence electrons. The van der Waals surface area contributed by atoms with Crippen molar-refractivity contribution in [2.45, 2.75) is 0 Å². The molecule has 10 rings (SSSR count). The van der Waals surface area contributed by atoms with Crippen LogP contribution in [-0.4, -0.2) is 4.57 Å². The molecule has 3 aromatic heterocycles. The number of rotatable bonds is 3. The minimum Gasteiger partial charge on any atom is -0.456 e. The Balaban J connectivity index is 1.12. The fourth-order valence-corrected chi connectivity index (χ4v) is 8.17. The molecule has 0 fully saturated rings. The second-order valence-electron chi connectivity index (χ2n) is 11.8. The average molecular weight is 592 g/mol. The van der Waals surface area contributed by atoms with E-state index in [2.05, 4.69) is 144 Å². The third kappa shape index (κ3) is 3.75. The summed E-state index contributed by atoms with van der Waals surface area (Å²) in [5.74, 6) is 0. The van der Waals surface area contributed by atoms with Gasteiger partial charge in [0, 0.05) is 47.4 Å². The zero-order valence-electron chi connectivity index (χ0n) is 24.2. The van der Waals surface area contributed by atoms with E-state index in [1.807, 2.05) is 23.5 Å². The molecule has 0 amide bonds. The van der Waals surface area contributed by atoms with Gasteiger partial charge in [-0.05, 0) is 82.9 Å². The standard InChI is InChI=1S/C42H25NOS/c1-2-8-26(9-3-1)27-14-19-38-34(22-27)31-10-4-6-12-37(31)43(38)30-17-18-33-36-24-29(16-21-41(36)45-42(33)25-30)28-15-20-40-35(23-28)32-11-5-7-13-39(32)44-40/h1-25H. The topological polar surface area (TPSA) is 18.1 Å². The molecular weight excluding hydrogens is 567 g/mol. The molecule has 0 aliphatic heterocycles. The number of aromatic nitrogens is 1. The van der Waals surface area contributed by atoms with E-state index < -0.39 is 0 Å². The molecule has 0 atom stereocenters. The number of para-hydroxylation sites is 2. The van der Waals surface area contributed by atoms with Gasteiger partial charge in [-0.1, -0.05) is 91.0 Å². The van der Waals surface area contributed by atoms with Gasteiger partial charge in [-0.3, -0.25) is 0 Å². The molecule has 0 saturated carbocycles. The van der Waals surface area contributed by atoms with Gasteiger partial charge in [-0.15, -0.1) is 11.3 Å². The third-order valence-electron chi connectivity index (χ3n) is 9.20. The highest BCUT2D eigenvalue weighted by Gasteiger charge is 2.15. The van der Waals surface area contributed by atoms with E-state index in [9.17, 15) is 0 Å². The number of benzene rings is 7. The van der Waals surface area contributed by atoms with Crippen LogP contribution < -0.4 is 0 Å². The Kier molecular flexibility index (Phi) is 5.19. The minimum absolute atomic E-state index is 0.927. The first-order valence-electron chi connectivity index (χ1n) is 15.3. The monoisotopic (exact) mass is 591 g/mol. The van der Waals surface area contributed by atoms with Crippen LogP contribution >= 0.6 is 11.3 Å². The van der Waals surface area contributed by atoms with Crippen LogP contribution in [0.25, 0.3) is 91.9 Å². The summed E-state index contributed by atoms with van der Waals surface area (Å²) < 4.78 is 11.1. The van der Waals surface area contributed by atoms with E-state index in [0.29, 0.717) is 0 Å². The highest BCUT2D eigenvalue weighted by Crippen LogP contribution is 2.41. The van der Waals surface area contributed by atoms with Gasteiger partial charge in [0.1, 0.15) is 11.2 Å². The molecule has 0 spiro atoms. The smallest absolute Gasteiger partial charge is 0.135 e. The van der Waals surface area contributed by atoms with Crippen molar-refractivity contribution in [2.24, 2.45) is 0 Å². The van der Waals surface area contributed by atoms with Crippen LogP contribution in [-0.2, 0) is 0 Å². The maximum Gasteiger partial charge on any atom is 0.135 e. The number of furan rings is 1. The Hall–Kier alpha value is -5.64. The minimum atomic E-state index is 0.927. The molecule has 0 bridgehead atoms. The van der Waals surface area contributed by atoms with E-state index in [1.165, 1.54) is 69.9 Å². The molecule has 0 N–H and O–H groups in total. The van der Waals surface area contributed by atoms with Crippen molar-refractivity contribution in [1.29, 1.82) is 0 Å². The van der Waals surface area contributed by atoms with Gasteiger partial charge in [0.2, 0.25) is 0 Å². The molecule has 10 aromatic rings. The molecule has 3 heterocycles. The van der Waals surface area contributed by atoms with Gasteiger partial charge in [-0.25, -0.2) is 0 Å². The first-order chi connectivity index (χ1) is 22.3. The zero-order chi connectivity index (χ0) is 29.5. The number of hydrogen-bond donors (Lipinski definition) is 0. The lowest BCUT2D eigenvalue weighted by molar-refractivity contribution is 0.669. The van der Waals surface area contributed by atoms with Gasteiger partial charge in [0.25, 0.3) is 0 Å². The quantitative estimate of drug-likeness (QED) is 0.200. The maximum atomic E-state index is 6.08. The van der Waals surface area contributed by atoms with Crippen molar-refractivity contribution in [3.05, 3.63) is 152 Å². The van der Waals surface area contributed by atoms with Crippen LogP contribution in [0.5, 0.6) is 0 Å². The van der Waals surface area contributed by atoms with Crippen LogP contribution in [0.15, 0.2) is 156 Å². The molecule has 45 heavy (non-hydrogen) atoms. The van der Waals surface area contributed by atoms with Crippen molar-refractivity contribution in [1.82, 2.24) is 4.57 Å². The summed E-state index contributed by atoms with van der Waals surface area (Å²) in [6.45, 7) is 0. The molecule has 0 radical (unpaired) electrons. The first-order valence-corrected chi connectivity index (χ1v) is 16.1. The zero-order valence-corrected chi connectivity index (χ0v) is 25.0. The van der Waals surface area contributed by atoms with E-state index >= 15 is 0 Å². The second-order valence-corrected chi connectivity index (χ2v) is 12.8. The molecule has 7 aromatic carbocycles. The summed E-state index contributed by atoms with van der Waals surface area (Å²) in [5, 5.41) is 7.45. The van der Waals surface area contributed by atoms with Crippen LogP contribution in [0.4, 0.5) is 0 Å². The Morgan fingerprint density at radius 1 is 0.378 bits per heavy atom. The van der Waals surface area contributed by atoms with Crippen molar-refractivity contribution >= 4 is 75.3 Å². The summed E-state index contributed by atoms with van der Waals surface area (Å²) >= 11 is 1.86. The van der Waals surface area contributed by atoms with Crippen molar-refractivity contribution in [3.8, 4) is 27.9 Å². The van der Waals surface area contributed by atoms with E-state index in [4.69, 9.17) is 4.42 Å². The predicted molar refractivity (Wildman–Crippen MR) is 192 cm³/mol. The highest BCUT2D eigenvalue weighted by atomic mass is 32.1.